The quantitative estimate of drug-likeness (QED) is 0.869. The van der Waals surface area contributed by atoms with Crippen LogP contribution in [0.15, 0.2) is 15.5 Å². The number of carbonyl (C=O) groups excluding carboxylic acids is 1. The highest BCUT2D eigenvalue weighted by atomic mass is 35.5. The molecular weight excluding hydrogens is 332 g/mol. The first-order valence-corrected chi connectivity index (χ1v) is 7.85. The maximum absolute atomic E-state index is 12.6. The molecule has 8 heteroatoms. The number of nitrogens with zero attached hydrogens (tertiary/aromatic N) is 2. The van der Waals surface area contributed by atoms with Crippen LogP contribution in [0.4, 0.5) is 0 Å². The fourth-order valence-electron chi connectivity index (χ4n) is 3.05. The highest BCUT2D eigenvalue weighted by molar-refractivity contribution is 6.06. The van der Waals surface area contributed by atoms with Crippen LogP contribution in [-0.4, -0.2) is 35.1 Å². The highest BCUT2D eigenvalue weighted by Gasteiger charge is 2.29. The van der Waals surface area contributed by atoms with Crippen LogP contribution in [-0.2, 0) is 7.05 Å². The lowest BCUT2D eigenvalue weighted by Gasteiger charge is -2.34. The standard InChI is InChI=1S/C16H22N4O3.ClH/c1-10-11(12-14(23-10)19-9-20(3)15(12)22)13(21)18-8-16(2)4-6-17-7-5-16;/h9,17H,4-8H2,1-3H3,(H,18,21);1H. The average Bonchev–Trinajstić information content (AvgIpc) is 2.86. The largest absolute Gasteiger partial charge is 0.442 e. The Morgan fingerprint density at radius 2 is 2.12 bits per heavy atom. The maximum atomic E-state index is 12.6. The molecule has 132 valence electrons. The zero-order chi connectivity index (χ0) is 16.6. The summed E-state index contributed by atoms with van der Waals surface area (Å²) in [5.41, 5.74) is 0.317. The summed E-state index contributed by atoms with van der Waals surface area (Å²) in [4.78, 5) is 29.0. The van der Waals surface area contributed by atoms with Gasteiger partial charge in [-0.05, 0) is 38.3 Å². The second kappa shape index (κ2) is 6.94. The number of piperidine rings is 1. The molecule has 0 aromatic carbocycles. The Labute approximate surface area is 146 Å². The number of aromatic nitrogens is 2. The molecule has 2 aromatic rings. The molecule has 7 nitrogen and oxygen atoms in total. The summed E-state index contributed by atoms with van der Waals surface area (Å²) in [6, 6.07) is 0. The molecule has 0 unspecified atom stereocenters. The lowest BCUT2D eigenvalue weighted by molar-refractivity contribution is 0.0922. The summed E-state index contributed by atoms with van der Waals surface area (Å²) in [5.74, 6) is 0.148. The van der Waals surface area contributed by atoms with Gasteiger partial charge in [0.1, 0.15) is 17.5 Å². The van der Waals surface area contributed by atoms with Gasteiger partial charge in [-0.2, -0.15) is 0 Å². The molecule has 3 rings (SSSR count). The average molecular weight is 355 g/mol. The van der Waals surface area contributed by atoms with Crippen molar-refractivity contribution in [2.24, 2.45) is 12.5 Å². The van der Waals surface area contributed by atoms with Gasteiger partial charge in [0.25, 0.3) is 11.5 Å². The third kappa shape index (κ3) is 3.32. The summed E-state index contributed by atoms with van der Waals surface area (Å²) in [5, 5.41) is 6.54. The zero-order valence-electron chi connectivity index (χ0n) is 14.1. The number of amides is 1. The third-order valence-corrected chi connectivity index (χ3v) is 4.66. The molecule has 1 aliphatic heterocycles. The number of fused-ring (bicyclic) bond motifs is 1. The van der Waals surface area contributed by atoms with Crippen molar-refractivity contribution in [3.05, 3.63) is 28.0 Å². The summed E-state index contributed by atoms with van der Waals surface area (Å²) in [6.07, 6.45) is 3.43. The van der Waals surface area contributed by atoms with Crippen molar-refractivity contribution in [2.45, 2.75) is 26.7 Å². The molecule has 1 saturated heterocycles. The predicted octanol–water partition coefficient (Wildman–Crippen LogP) is 1.38. The Morgan fingerprint density at radius 3 is 2.79 bits per heavy atom. The second-order valence-corrected chi connectivity index (χ2v) is 6.62. The number of halogens is 1. The highest BCUT2D eigenvalue weighted by Crippen LogP contribution is 2.27. The minimum atomic E-state index is -0.273. The fourth-order valence-corrected chi connectivity index (χ4v) is 3.05. The Balaban J connectivity index is 0.00000208. The van der Waals surface area contributed by atoms with Gasteiger partial charge in [-0.3, -0.25) is 9.59 Å². The first-order valence-electron chi connectivity index (χ1n) is 7.85. The molecule has 2 aromatic heterocycles. The summed E-state index contributed by atoms with van der Waals surface area (Å²) < 4.78 is 6.83. The van der Waals surface area contributed by atoms with E-state index in [2.05, 4.69) is 22.5 Å². The van der Waals surface area contributed by atoms with E-state index in [1.54, 1.807) is 14.0 Å². The molecule has 1 fully saturated rings. The lowest BCUT2D eigenvalue weighted by atomic mass is 9.81. The van der Waals surface area contributed by atoms with Gasteiger partial charge in [0.05, 0.1) is 5.56 Å². The molecule has 1 amide bonds. The summed E-state index contributed by atoms with van der Waals surface area (Å²) in [7, 11) is 1.61. The Kier molecular flexibility index (Phi) is 5.35. The first kappa shape index (κ1) is 18.5. The van der Waals surface area contributed by atoms with Crippen LogP contribution in [0.3, 0.4) is 0 Å². The molecule has 0 atom stereocenters. The molecule has 24 heavy (non-hydrogen) atoms. The first-order chi connectivity index (χ1) is 10.9. The smallest absolute Gasteiger partial charge is 0.265 e. The Bertz CT molecular complexity index is 805. The number of nitrogens with one attached hydrogen (secondary N) is 2. The van der Waals surface area contributed by atoms with Gasteiger partial charge < -0.3 is 19.6 Å². The number of carbonyl (C=O) groups is 1. The van der Waals surface area contributed by atoms with Gasteiger partial charge in [0.2, 0.25) is 5.71 Å². The van der Waals surface area contributed by atoms with Crippen molar-refractivity contribution >= 4 is 29.4 Å². The molecule has 0 saturated carbocycles. The number of hydrogen-bond donors (Lipinski definition) is 2. The molecule has 1 aliphatic rings. The van der Waals surface area contributed by atoms with E-state index >= 15 is 0 Å². The molecule has 2 N–H and O–H groups in total. The Morgan fingerprint density at radius 1 is 1.46 bits per heavy atom. The van der Waals surface area contributed by atoms with Crippen molar-refractivity contribution in [2.75, 3.05) is 19.6 Å². The number of furan rings is 1. The van der Waals surface area contributed by atoms with E-state index in [9.17, 15) is 9.59 Å². The van der Waals surface area contributed by atoms with Crippen LogP contribution in [0, 0.1) is 12.3 Å². The van der Waals surface area contributed by atoms with Crippen LogP contribution in [0.5, 0.6) is 0 Å². The van der Waals surface area contributed by atoms with E-state index in [0.29, 0.717) is 17.9 Å². The molecule has 0 bridgehead atoms. The molecular formula is C16H23ClN4O3. The third-order valence-electron chi connectivity index (χ3n) is 4.66. The lowest BCUT2D eigenvalue weighted by Crippen LogP contribution is -2.43. The van der Waals surface area contributed by atoms with Crippen LogP contribution in [0.25, 0.3) is 11.1 Å². The van der Waals surface area contributed by atoms with E-state index in [4.69, 9.17) is 4.42 Å². The maximum Gasteiger partial charge on any atom is 0.265 e. The topological polar surface area (TPSA) is 89.2 Å². The van der Waals surface area contributed by atoms with Crippen LogP contribution in [0.2, 0.25) is 0 Å². The number of aryl methyl sites for hydroxylation is 2. The number of hydrogen-bond acceptors (Lipinski definition) is 5. The molecule has 0 aliphatic carbocycles. The second-order valence-electron chi connectivity index (χ2n) is 6.62. The normalized spacial score (nSPS) is 16.6. The monoisotopic (exact) mass is 354 g/mol. The SMILES string of the molecule is Cc1oc2ncn(C)c(=O)c2c1C(=O)NCC1(C)CCNCC1.Cl. The van der Waals surface area contributed by atoms with Crippen LogP contribution >= 0.6 is 12.4 Å². The van der Waals surface area contributed by atoms with Gasteiger partial charge in [-0.1, -0.05) is 6.92 Å². The fraction of sp³-hybridized carbons (Fsp3) is 0.562. The van der Waals surface area contributed by atoms with Crippen molar-refractivity contribution in [3.8, 4) is 0 Å². The summed E-state index contributed by atoms with van der Waals surface area (Å²) in [6.45, 7) is 6.37. The van der Waals surface area contributed by atoms with Crippen LogP contribution < -0.4 is 16.2 Å². The van der Waals surface area contributed by atoms with Gasteiger partial charge in [0, 0.05) is 13.6 Å². The molecule has 0 radical (unpaired) electrons. The Hall–Kier alpha value is -1.86. The van der Waals surface area contributed by atoms with E-state index in [0.717, 1.165) is 25.9 Å². The van der Waals surface area contributed by atoms with Crippen molar-refractivity contribution < 1.29 is 9.21 Å². The van der Waals surface area contributed by atoms with Crippen molar-refractivity contribution in [1.82, 2.24) is 20.2 Å². The van der Waals surface area contributed by atoms with E-state index in [1.165, 1.54) is 10.9 Å². The van der Waals surface area contributed by atoms with Gasteiger partial charge in [-0.15, -0.1) is 12.4 Å². The van der Waals surface area contributed by atoms with Gasteiger partial charge in [-0.25, -0.2) is 4.98 Å². The molecule has 0 spiro atoms. The summed E-state index contributed by atoms with van der Waals surface area (Å²) >= 11 is 0. The zero-order valence-corrected chi connectivity index (χ0v) is 15.0. The van der Waals surface area contributed by atoms with Crippen molar-refractivity contribution in [1.29, 1.82) is 0 Å². The minimum absolute atomic E-state index is 0. The number of rotatable bonds is 3. The van der Waals surface area contributed by atoms with E-state index in [-0.39, 0.29) is 40.4 Å². The van der Waals surface area contributed by atoms with Gasteiger partial charge in [0.15, 0.2) is 0 Å². The van der Waals surface area contributed by atoms with Crippen LogP contribution in [0.1, 0.15) is 35.9 Å². The molecule has 3 heterocycles. The van der Waals surface area contributed by atoms with Crippen molar-refractivity contribution in [3.63, 3.8) is 0 Å². The predicted molar refractivity (Wildman–Crippen MR) is 93.8 cm³/mol. The van der Waals surface area contributed by atoms with E-state index in [1.807, 2.05) is 0 Å². The van der Waals surface area contributed by atoms with E-state index < -0.39 is 0 Å². The van der Waals surface area contributed by atoms with Gasteiger partial charge >= 0.3 is 0 Å². The minimum Gasteiger partial charge on any atom is -0.442 e.